The van der Waals surface area contributed by atoms with Gasteiger partial charge in [-0.25, -0.2) is 0 Å². The molecule has 1 fully saturated rings. The third kappa shape index (κ3) is 6.32. The number of rotatable bonds is 7. The van der Waals surface area contributed by atoms with Gasteiger partial charge in [0.05, 0.1) is 0 Å². The smallest absolute Gasteiger partial charge is 0.0409 e. The van der Waals surface area contributed by atoms with Gasteiger partial charge in [0.25, 0.3) is 0 Å². The van der Waals surface area contributed by atoms with Crippen LogP contribution in [0.1, 0.15) is 98.3 Å². The molecule has 0 saturated heterocycles. The molecule has 1 saturated carbocycles. The van der Waals surface area contributed by atoms with Crippen molar-refractivity contribution in [3.05, 3.63) is 0 Å². The van der Waals surface area contributed by atoms with Gasteiger partial charge in [0.15, 0.2) is 0 Å². The van der Waals surface area contributed by atoms with E-state index in [9.17, 15) is 0 Å². The first kappa shape index (κ1) is 17.1. The molecule has 0 spiro atoms. The lowest BCUT2D eigenvalue weighted by Gasteiger charge is -2.34. The minimum absolute atomic E-state index is 1.02. The van der Waals surface area contributed by atoms with Crippen molar-refractivity contribution >= 4 is 0 Å². The van der Waals surface area contributed by atoms with Crippen LogP contribution in [0.2, 0.25) is 0 Å². The molecule has 2 atom stereocenters. The molecule has 114 valence electrons. The normalized spacial score (nSPS) is 32.8. The zero-order chi connectivity index (χ0) is 14.1. The molecule has 0 aromatic heterocycles. The zero-order valence-corrected chi connectivity index (χ0v) is 14.1. The van der Waals surface area contributed by atoms with Gasteiger partial charge in [-0.05, 0) is 49.4 Å². The van der Waals surface area contributed by atoms with Gasteiger partial charge in [-0.1, -0.05) is 72.6 Å². The van der Waals surface area contributed by atoms with Crippen LogP contribution in [0.15, 0.2) is 0 Å². The van der Waals surface area contributed by atoms with E-state index in [0.717, 1.165) is 23.7 Å². The summed E-state index contributed by atoms with van der Waals surface area (Å²) in [5.41, 5.74) is 0. The summed E-state index contributed by atoms with van der Waals surface area (Å²) in [7, 11) is 0. The summed E-state index contributed by atoms with van der Waals surface area (Å²) in [6.07, 6.45) is 16.2. The second-order valence-electron chi connectivity index (χ2n) is 7.18. The average Bonchev–Trinajstić information content (AvgIpc) is 2.36. The van der Waals surface area contributed by atoms with Gasteiger partial charge < -0.3 is 0 Å². The van der Waals surface area contributed by atoms with E-state index in [2.05, 4.69) is 27.7 Å². The van der Waals surface area contributed by atoms with Crippen LogP contribution in [0.5, 0.6) is 0 Å². The molecular weight excluding hydrogens is 228 g/mol. The molecule has 0 aromatic carbocycles. The van der Waals surface area contributed by atoms with E-state index in [0.29, 0.717) is 0 Å². The first-order valence-electron chi connectivity index (χ1n) is 9.23. The minimum atomic E-state index is 1.02. The Morgan fingerprint density at radius 2 is 0.842 bits per heavy atom. The summed E-state index contributed by atoms with van der Waals surface area (Å²) in [6, 6.07) is 0. The molecule has 0 nitrogen and oxygen atoms in total. The third-order valence-corrected chi connectivity index (χ3v) is 5.33. The molecule has 1 rings (SSSR count). The molecule has 0 bridgehead atoms. The van der Waals surface area contributed by atoms with Crippen LogP contribution in [-0.4, -0.2) is 0 Å². The quantitative estimate of drug-likeness (QED) is 0.473. The summed E-state index contributed by atoms with van der Waals surface area (Å²) < 4.78 is 0. The first-order chi connectivity index (χ1) is 9.23. The van der Waals surface area contributed by atoms with Crippen molar-refractivity contribution in [2.75, 3.05) is 0 Å². The summed E-state index contributed by atoms with van der Waals surface area (Å²) >= 11 is 0. The fourth-order valence-electron chi connectivity index (χ4n) is 4.54. The second-order valence-corrected chi connectivity index (χ2v) is 7.18. The van der Waals surface area contributed by atoms with Crippen molar-refractivity contribution in [1.82, 2.24) is 0 Å². The highest BCUT2D eigenvalue weighted by Gasteiger charge is 2.27. The first-order valence-corrected chi connectivity index (χ1v) is 9.23. The van der Waals surface area contributed by atoms with Crippen LogP contribution >= 0.6 is 0 Å². The van der Waals surface area contributed by atoms with Crippen molar-refractivity contribution in [2.45, 2.75) is 98.3 Å². The maximum absolute atomic E-state index is 2.42. The van der Waals surface area contributed by atoms with Gasteiger partial charge in [0.1, 0.15) is 0 Å². The van der Waals surface area contributed by atoms with Crippen molar-refractivity contribution in [2.24, 2.45) is 23.7 Å². The van der Waals surface area contributed by atoms with Crippen molar-refractivity contribution in [1.29, 1.82) is 0 Å². The van der Waals surface area contributed by atoms with E-state index in [4.69, 9.17) is 0 Å². The lowest BCUT2D eigenvalue weighted by molar-refractivity contribution is 0.172. The number of hydrogen-bond acceptors (Lipinski definition) is 0. The monoisotopic (exact) mass is 266 g/mol. The Morgan fingerprint density at radius 1 is 0.526 bits per heavy atom. The Hall–Kier alpha value is 0. The largest absolute Gasteiger partial charge is 0.0654 e. The molecule has 0 heterocycles. The molecule has 0 heteroatoms. The Labute approximate surface area is 122 Å². The minimum Gasteiger partial charge on any atom is -0.0654 e. The van der Waals surface area contributed by atoms with Crippen LogP contribution in [0.25, 0.3) is 0 Å². The highest BCUT2D eigenvalue weighted by Crippen LogP contribution is 2.39. The van der Waals surface area contributed by atoms with Gasteiger partial charge >= 0.3 is 0 Å². The van der Waals surface area contributed by atoms with Crippen LogP contribution in [0, 0.1) is 23.7 Å². The molecular formula is C19H38. The molecule has 19 heavy (non-hydrogen) atoms. The van der Waals surface area contributed by atoms with E-state index in [1.54, 1.807) is 12.8 Å². The summed E-state index contributed by atoms with van der Waals surface area (Å²) in [5.74, 6) is 4.13. The lowest BCUT2D eigenvalue weighted by atomic mass is 9.71. The second kappa shape index (κ2) is 9.83. The predicted octanol–water partition coefficient (Wildman–Crippen LogP) is 6.84. The predicted molar refractivity (Wildman–Crippen MR) is 87.4 cm³/mol. The molecule has 0 radical (unpaired) electrons. The van der Waals surface area contributed by atoms with Gasteiger partial charge in [0, 0.05) is 0 Å². The molecule has 0 N–H and O–H groups in total. The Balaban J connectivity index is 2.65. The summed E-state index contributed by atoms with van der Waals surface area (Å²) in [6.45, 7) is 9.53. The van der Waals surface area contributed by atoms with E-state index in [-0.39, 0.29) is 0 Å². The molecule has 2 unspecified atom stereocenters. The molecule has 0 aromatic rings. The van der Waals surface area contributed by atoms with E-state index < -0.39 is 0 Å². The molecule has 1 aliphatic carbocycles. The van der Waals surface area contributed by atoms with Crippen LogP contribution < -0.4 is 0 Å². The SMILES string of the molecule is CCCC1CC(CC)CC(CCC)CC(CCC)C1. The Morgan fingerprint density at radius 3 is 1.11 bits per heavy atom. The van der Waals surface area contributed by atoms with E-state index >= 15 is 0 Å². The van der Waals surface area contributed by atoms with Crippen molar-refractivity contribution in [3.8, 4) is 0 Å². The summed E-state index contributed by atoms with van der Waals surface area (Å²) in [4.78, 5) is 0. The fourth-order valence-corrected chi connectivity index (χ4v) is 4.54. The number of hydrogen-bond donors (Lipinski definition) is 0. The van der Waals surface area contributed by atoms with E-state index in [1.165, 1.54) is 57.8 Å². The van der Waals surface area contributed by atoms with Gasteiger partial charge in [0.2, 0.25) is 0 Å². The van der Waals surface area contributed by atoms with Gasteiger partial charge in [-0.15, -0.1) is 0 Å². The highest BCUT2D eigenvalue weighted by molar-refractivity contribution is 4.78. The molecule has 0 aliphatic heterocycles. The zero-order valence-electron chi connectivity index (χ0n) is 14.1. The maximum Gasteiger partial charge on any atom is -0.0409 e. The average molecular weight is 267 g/mol. The van der Waals surface area contributed by atoms with Crippen molar-refractivity contribution < 1.29 is 0 Å². The standard InChI is InChI=1S/C19H38/c1-5-9-17-12-16(8-4)13-18(10-6-2)15-19(14-17)11-7-3/h16-19H,5-15H2,1-4H3. The van der Waals surface area contributed by atoms with Crippen LogP contribution in [0.4, 0.5) is 0 Å². The van der Waals surface area contributed by atoms with E-state index in [1.807, 2.05) is 0 Å². The van der Waals surface area contributed by atoms with Crippen molar-refractivity contribution in [3.63, 3.8) is 0 Å². The fraction of sp³-hybridized carbons (Fsp3) is 1.00. The maximum atomic E-state index is 2.42. The summed E-state index contributed by atoms with van der Waals surface area (Å²) in [5, 5.41) is 0. The lowest BCUT2D eigenvalue weighted by Crippen LogP contribution is -2.22. The van der Waals surface area contributed by atoms with Crippen LogP contribution in [-0.2, 0) is 0 Å². The molecule has 1 aliphatic rings. The van der Waals surface area contributed by atoms with Gasteiger partial charge in [-0.2, -0.15) is 0 Å². The van der Waals surface area contributed by atoms with Gasteiger partial charge in [-0.3, -0.25) is 0 Å². The Kier molecular flexibility index (Phi) is 8.83. The third-order valence-electron chi connectivity index (χ3n) is 5.33. The van der Waals surface area contributed by atoms with Crippen LogP contribution in [0.3, 0.4) is 0 Å². The topological polar surface area (TPSA) is 0 Å². The molecule has 0 amide bonds. The highest BCUT2D eigenvalue weighted by atomic mass is 14.3. The Bertz CT molecular complexity index is 190.